The highest BCUT2D eigenvalue weighted by Gasteiger charge is 2.00. The summed E-state index contributed by atoms with van der Waals surface area (Å²) in [7, 11) is 0. The van der Waals surface area contributed by atoms with Gasteiger partial charge in [-0.05, 0) is 136 Å². The van der Waals surface area contributed by atoms with Crippen LogP contribution in [0.3, 0.4) is 0 Å². The third-order valence-electron chi connectivity index (χ3n) is 0.868. The van der Waals surface area contributed by atoms with Gasteiger partial charge in [-0.2, -0.15) is 0 Å². The van der Waals surface area contributed by atoms with Crippen molar-refractivity contribution in [2.45, 2.75) is 0 Å². The topological polar surface area (TPSA) is 9.23 Å². The van der Waals surface area contributed by atoms with Crippen LogP contribution in [-0.2, 0) is 4.74 Å². The van der Waals surface area contributed by atoms with Gasteiger partial charge in [0, 0.05) is 7.16 Å². The molecule has 0 bridgehead atoms. The number of halogens is 6. The van der Waals surface area contributed by atoms with Crippen LogP contribution in [-0.4, -0.2) is 13.2 Å². The zero-order valence-corrected chi connectivity index (χ0v) is 19.0. The predicted octanol–water partition coefficient (Wildman–Crippen LogP) is 5.95. The summed E-state index contributed by atoms with van der Waals surface area (Å²) in [5.41, 5.74) is 0. The maximum absolute atomic E-state index is 5.53. The van der Waals surface area contributed by atoms with Crippen LogP contribution in [0.1, 0.15) is 0 Å². The highest BCUT2D eigenvalue weighted by molar-refractivity contribution is 14.2. The second-order valence-corrected chi connectivity index (χ2v) is 12.9. The maximum Gasteiger partial charge on any atom is 0.0793 e. The number of hydrogen-bond acceptors (Lipinski definition) is 1. The smallest absolute Gasteiger partial charge is 0.0793 e. The van der Waals surface area contributed by atoms with Gasteiger partial charge in [-0.3, -0.25) is 0 Å². The Labute approximate surface area is 160 Å². The molecule has 0 spiro atoms. The normalized spacial score (nSPS) is 9.69. The molecule has 0 aliphatic heterocycles. The number of ether oxygens (including phenoxy) is 1. The first-order valence-corrected chi connectivity index (χ1v) is 9.39. The van der Waals surface area contributed by atoms with E-state index in [1.807, 2.05) is 0 Å². The number of rotatable bonds is 4. The van der Waals surface area contributed by atoms with E-state index in [9.17, 15) is 0 Å². The summed E-state index contributed by atoms with van der Waals surface area (Å²) in [5, 5.41) is 0. The van der Waals surface area contributed by atoms with Crippen molar-refractivity contribution in [1.82, 2.24) is 0 Å². The molecular weight excluding hydrogens is 849 g/mol. The molecule has 0 saturated heterocycles. The molecule has 0 aromatic carbocycles. The van der Waals surface area contributed by atoms with Crippen molar-refractivity contribution in [3.05, 3.63) is 10.3 Å². The molecule has 0 aromatic heterocycles. The van der Waals surface area contributed by atoms with Gasteiger partial charge in [-0.15, -0.1) is 0 Å². The van der Waals surface area contributed by atoms with Gasteiger partial charge in [0.05, 0.1) is 16.4 Å². The molecule has 0 aliphatic rings. The van der Waals surface area contributed by atoms with E-state index in [1.165, 1.54) is 10.3 Å². The quantitative estimate of drug-likeness (QED) is 0.318. The summed E-state index contributed by atoms with van der Waals surface area (Å²) < 4.78 is 10.6. The van der Waals surface area contributed by atoms with E-state index in [1.54, 1.807) is 0 Å². The van der Waals surface area contributed by atoms with E-state index in [0.717, 1.165) is 13.2 Å². The van der Waals surface area contributed by atoms with Crippen LogP contribution in [0.2, 0.25) is 0 Å². The second-order valence-electron chi connectivity index (χ2n) is 1.82. The molecule has 0 radical (unpaired) electrons. The summed E-state index contributed by atoms with van der Waals surface area (Å²) in [4.78, 5) is 0. The van der Waals surface area contributed by atoms with Gasteiger partial charge < -0.3 is 4.74 Å². The standard InChI is InChI=1S/C6H4I6O/c7-3(5(9)10)1-13-2-4(8)6(11)12/h1-2H2. The molecule has 1 nitrogen and oxygen atoms in total. The van der Waals surface area contributed by atoms with Crippen LogP contribution in [0.5, 0.6) is 0 Å². The highest BCUT2D eigenvalue weighted by Crippen LogP contribution is 2.27. The van der Waals surface area contributed by atoms with Gasteiger partial charge in [0.1, 0.15) is 0 Å². The summed E-state index contributed by atoms with van der Waals surface area (Å²) in [6, 6.07) is 0. The van der Waals surface area contributed by atoms with Gasteiger partial charge in [0.15, 0.2) is 0 Å². The molecule has 0 aliphatic carbocycles. The SMILES string of the molecule is IC(I)=C(I)COCC(I)=C(I)I. The minimum absolute atomic E-state index is 0.717. The molecule has 0 N–H and O–H groups in total. The van der Waals surface area contributed by atoms with Gasteiger partial charge in [-0.25, -0.2) is 0 Å². The van der Waals surface area contributed by atoms with Crippen molar-refractivity contribution in [3.63, 3.8) is 0 Å². The highest BCUT2D eigenvalue weighted by atomic mass is 127. The lowest BCUT2D eigenvalue weighted by Gasteiger charge is -2.03. The Morgan fingerprint density at radius 3 is 1.23 bits per heavy atom. The fourth-order valence-corrected chi connectivity index (χ4v) is 1.40. The Morgan fingerprint density at radius 2 is 1.00 bits per heavy atom. The largest absolute Gasteiger partial charge is 0.371 e. The molecule has 0 fully saturated rings. The van der Waals surface area contributed by atoms with Crippen LogP contribution in [0.15, 0.2) is 10.3 Å². The summed E-state index contributed by atoms with van der Waals surface area (Å²) in [5.74, 6) is 0. The Morgan fingerprint density at radius 1 is 0.692 bits per heavy atom. The molecule has 0 amide bonds. The first kappa shape index (κ1) is 16.8. The molecule has 0 saturated carbocycles. The third kappa shape index (κ3) is 9.51. The molecule has 76 valence electrons. The summed E-state index contributed by atoms with van der Waals surface area (Å²) >= 11 is 13.8. The number of hydrogen-bond donors (Lipinski definition) is 0. The molecule has 0 heterocycles. The Bertz CT molecular complexity index is 201. The Hall–Kier alpha value is 3.82. The lowest BCUT2D eigenvalue weighted by Crippen LogP contribution is -1.96. The molecule has 0 aromatic rings. The van der Waals surface area contributed by atoms with E-state index < -0.39 is 0 Å². The lowest BCUT2D eigenvalue weighted by molar-refractivity contribution is 0.192. The summed E-state index contributed by atoms with van der Waals surface area (Å²) in [6.07, 6.45) is 0. The fourth-order valence-electron chi connectivity index (χ4n) is 0.339. The van der Waals surface area contributed by atoms with Crippen molar-refractivity contribution in [3.8, 4) is 0 Å². The molecule has 0 atom stereocenters. The van der Waals surface area contributed by atoms with Gasteiger partial charge in [0.2, 0.25) is 0 Å². The minimum atomic E-state index is 0.717. The zero-order valence-electron chi connectivity index (χ0n) is 6.09. The monoisotopic (exact) mass is 853 g/mol. The van der Waals surface area contributed by atoms with E-state index in [0.29, 0.717) is 0 Å². The fraction of sp³-hybridized carbons (Fsp3) is 0.333. The van der Waals surface area contributed by atoms with Crippen molar-refractivity contribution in [2.24, 2.45) is 0 Å². The van der Waals surface area contributed by atoms with Crippen LogP contribution >= 0.6 is 136 Å². The van der Waals surface area contributed by atoms with Crippen molar-refractivity contribution in [1.29, 1.82) is 0 Å². The van der Waals surface area contributed by atoms with Gasteiger partial charge >= 0.3 is 0 Å². The van der Waals surface area contributed by atoms with Crippen molar-refractivity contribution in [2.75, 3.05) is 13.2 Å². The first-order valence-electron chi connectivity index (χ1n) is 2.92. The van der Waals surface area contributed by atoms with Crippen molar-refractivity contribution >= 4 is 136 Å². The van der Waals surface area contributed by atoms with E-state index in [2.05, 4.69) is 136 Å². The first-order chi connectivity index (χ1) is 5.95. The van der Waals surface area contributed by atoms with E-state index >= 15 is 0 Å². The molecule has 7 heteroatoms. The Balaban J connectivity index is 3.83. The molecule has 0 unspecified atom stereocenters. The Kier molecular flexibility index (Phi) is 12.7. The van der Waals surface area contributed by atoms with Crippen LogP contribution < -0.4 is 0 Å². The van der Waals surface area contributed by atoms with Crippen LogP contribution in [0.25, 0.3) is 0 Å². The zero-order chi connectivity index (χ0) is 10.4. The van der Waals surface area contributed by atoms with E-state index in [-0.39, 0.29) is 0 Å². The van der Waals surface area contributed by atoms with Gasteiger partial charge in [-0.1, -0.05) is 0 Å². The van der Waals surface area contributed by atoms with Crippen LogP contribution in [0.4, 0.5) is 0 Å². The second kappa shape index (κ2) is 9.81. The summed E-state index contributed by atoms with van der Waals surface area (Å²) in [6.45, 7) is 1.43. The molecule has 0 rings (SSSR count). The average molecular weight is 854 g/mol. The van der Waals surface area contributed by atoms with Crippen LogP contribution in [0, 0.1) is 0 Å². The average Bonchev–Trinajstić information content (AvgIpc) is 2.03. The predicted molar refractivity (Wildman–Crippen MR) is 109 cm³/mol. The molecular formula is C6H4I6O. The van der Waals surface area contributed by atoms with Crippen molar-refractivity contribution < 1.29 is 4.74 Å². The maximum atomic E-state index is 5.53. The minimum Gasteiger partial charge on any atom is -0.371 e. The molecule has 13 heavy (non-hydrogen) atoms. The van der Waals surface area contributed by atoms with Gasteiger partial charge in [0.25, 0.3) is 0 Å². The van der Waals surface area contributed by atoms with E-state index in [4.69, 9.17) is 4.74 Å². The lowest BCUT2D eigenvalue weighted by atomic mass is 10.6. The third-order valence-corrected chi connectivity index (χ3v) is 9.30.